The quantitative estimate of drug-likeness (QED) is 0.587. The molecule has 1 unspecified atom stereocenters. The van der Waals surface area contributed by atoms with Crippen molar-refractivity contribution in [3.63, 3.8) is 0 Å². The van der Waals surface area contributed by atoms with Gasteiger partial charge in [-0.25, -0.2) is 9.78 Å². The van der Waals surface area contributed by atoms with Crippen LogP contribution in [-0.2, 0) is 4.74 Å². The first kappa shape index (κ1) is 20.1. The summed E-state index contributed by atoms with van der Waals surface area (Å²) in [4.78, 5) is 20.5. The number of hydrogen-bond acceptors (Lipinski definition) is 7. The molecule has 1 aromatic rings. The molecule has 1 fully saturated rings. The van der Waals surface area contributed by atoms with Gasteiger partial charge in [0.15, 0.2) is 5.82 Å². The molecular weight excluding hydrogens is 332 g/mol. The Morgan fingerprint density at radius 1 is 1.38 bits per heavy atom. The van der Waals surface area contributed by atoms with Crippen LogP contribution in [0.5, 0.6) is 0 Å². The molecule has 2 rings (SSSR count). The number of carbonyl (C=O) groups is 1. The molecule has 0 spiro atoms. The third-order valence-electron chi connectivity index (χ3n) is 4.13. The van der Waals surface area contributed by atoms with Gasteiger partial charge in [-0.2, -0.15) is 4.98 Å². The maximum Gasteiger partial charge on any atom is 0.407 e. The van der Waals surface area contributed by atoms with Crippen molar-refractivity contribution in [2.45, 2.75) is 77.5 Å². The summed E-state index contributed by atoms with van der Waals surface area (Å²) >= 11 is 0. The summed E-state index contributed by atoms with van der Waals surface area (Å²) in [5.41, 5.74) is 6.14. The van der Waals surface area contributed by atoms with Crippen molar-refractivity contribution in [1.82, 2.24) is 15.3 Å². The van der Waals surface area contributed by atoms with Gasteiger partial charge in [-0.1, -0.05) is 12.8 Å². The SMILES string of the molecule is CC(CCNc1nc(NC2CCCC2)ncc1N)OC(=O)NC(C)(C)C. The fraction of sp³-hybridized carbons (Fsp3) is 0.722. The average molecular weight is 364 g/mol. The minimum absolute atomic E-state index is 0.219. The highest BCUT2D eigenvalue weighted by Gasteiger charge is 2.18. The lowest BCUT2D eigenvalue weighted by Crippen LogP contribution is -2.42. The molecule has 1 aromatic heterocycles. The summed E-state index contributed by atoms with van der Waals surface area (Å²) in [6.45, 7) is 8.19. The van der Waals surface area contributed by atoms with Crippen molar-refractivity contribution in [3.8, 4) is 0 Å². The van der Waals surface area contributed by atoms with Gasteiger partial charge in [0.25, 0.3) is 0 Å². The van der Waals surface area contributed by atoms with E-state index in [-0.39, 0.29) is 11.6 Å². The van der Waals surface area contributed by atoms with E-state index >= 15 is 0 Å². The van der Waals surface area contributed by atoms with Crippen molar-refractivity contribution in [1.29, 1.82) is 0 Å². The number of anilines is 3. The molecule has 8 heteroatoms. The lowest BCUT2D eigenvalue weighted by molar-refractivity contribution is 0.0973. The Kier molecular flexibility index (Phi) is 6.88. The highest BCUT2D eigenvalue weighted by Crippen LogP contribution is 2.22. The zero-order valence-corrected chi connectivity index (χ0v) is 16.3. The number of nitrogens with zero attached hydrogens (tertiary/aromatic N) is 2. The fourth-order valence-electron chi connectivity index (χ4n) is 2.83. The number of nitrogens with one attached hydrogen (secondary N) is 3. The summed E-state index contributed by atoms with van der Waals surface area (Å²) in [5.74, 6) is 1.20. The van der Waals surface area contributed by atoms with Gasteiger partial charge in [0, 0.05) is 24.5 Å². The Morgan fingerprint density at radius 2 is 2.08 bits per heavy atom. The molecule has 1 saturated carbocycles. The second kappa shape index (κ2) is 8.91. The molecule has 146 valence electrons. The van der Waals surface area contributed by atoms with E-state index in [1.165, 1.54) is 12.8 Å². The van der Waals surface area contributed by atoms with Crippen LogP contribution < -0.4 is 21.7 Å². The van der Waals surface area contributed by atoms with Crippen molar-refractivity contribution >= 4 is 23.5 Å². The number of nitrogens with two attached hydrogens (primary N) is 1. The number of amides is 1. The van der Waals surface area contributed by atoms with E-state index in [9.17, 15) is 4.79 Å². The molecule has 26 heavy (non-hydrogen) atoms. The van der Waals surface area contributed by atoms with E-state index in [4.69, 9.17) is 10.5 Å². The molecule has 0 radical (unpaired) electrons. The van der Waals surface area contributed by atoms with Crippen molar-refractivity contribution < 1.29 is 9.53 Å². The first-order valence-corrected chi connectivity index (χ1v) is 9.34. The van der Waals surface area contributed by atoms with Crippen LogP contribution in [0.3, 0.4) is 0 Å². The van der Waals surface area contributed by atoms with Crippen molar-refractivity contribution in [2.24, 2.45) is 0 Å². The molecule has 1 amide bonds. The Bertz CT molecular complexity index is 596. The van der Waals surface area contributed by atoms with E-state index < -0.39 is 6.09 Å². The topological polar surface area (TPSA) is 114 Å². The average Bonchev–Trinajstić information content (AvgIpc) is 3.01. The van der Waals surface area contributed by atoms with Crippen LogP contribution in [0.1, 0.15) is 59.8 Å². The molecule has 0 aliphatic heterocycles. The Balaban J connectivity index is 1.78. The first-order chi connectivity index (χ1) is 12.2. The smallest absolute Gasteiger partial charge is 0.407 e. The molecule has 8 nitrogen and oxygen atoms in total. The van der Waals surface area contributed by atoms with Gasteiger partial charge in [-0.15, -0.1) is 0 Å². The number of rotatable bonds is 7. The zero-order chi connectivity index (χ0) is 19.2. The number of alkyl carbamates (subject to hydrolysis) is 1. The lowest BCUT2D eigenvalue weighted by Gasteiger charge is -2.22. The highest BCUT2D eigenvalue weighted by molar-refractivity contribution is 5.68. The largest absolute Gasteiger partial charge is 0.446 e. The molecule has 0 bridgehead atoms. The molecule has 1 heterocycles. The normalized spacial score (nSPS) is 16.2. The molecule has 1 aliphatic rings. The second-order valence-corrected chi connectivity index (χ2v) is 7.93. The standard InChI is InChI=1S/C18H32N6O2/c1-12(26-17(25)24-18(2,3)4)9-10-20-15-14(19)11-21-16(23-15)22-13-7-5-6-8-13/h11-13H,5-10,19H2,1-4H3,(H,24,25)(H2,20,21,22,23). The van der Waals surface area contributed by atoms with Gasteiger partial charge >= 0.3 is 6.09 Å². The van der Waals surface area contributed by atoms with E-state index in [0.29, 0.717) is 36.5 Å². The van der Waals surface area contributed by atoms with Gasteiger partial charge in [-0.3, -0.25) is 0 Å². The lowest BCUT2D eigenvalue weighted by atomic mass is 10.1. The number of carbonyl (C=O) groups excluding carboxylic acids is 1. The Morgan fingerprint density at radius 3 is 2.73 bits per heavy atom. The summed E-state index contributed by atoms with van der Waals surface area (Å²) in [7, 11) is 0. The van der Waals surface area contributed by atoms with Crippen LogP contribution in [0.25, 0.3) is 0 Å². The third-order valence-corrected chi connectivity index (χ3v) is 4.13. The minimum Gasteiger partial charge on any atom is -0.446 e. The summed E-state index contributed by atoms with van der Waals surface area (Å²) in [5, 5.41) is 9.34. The zero-order valence-electron chi connectivity index (χ0n) is 16.3. The van der Waals surface area contributed by atoms with Gasteiger partial charge in [0.2, 0.25) is 5.95 Å². The van der Waals surface area contributed by atoms with Crippen LogP contribution in [0.15, 0.2) is 6.20 Å². The number of ether oxygens (including phenoxy) is 1. The van der Waals surface area contributed by atoms with E-state index in [2.05, 4.69) is 25.9 Å². The van der Waals surface area contributed by atoms with Crippen LogP contribution in [0.4, 0.5) is 22.2 Å². The van der Waals surface area contributed by atoms with Crippen LogP contribution in [-0.4, -0.2) is 40.3 Å². The summed E-state index contributed by atoms with van der Waals surface area (Å²) in [6.07, 6.45) is 6.44. The number of aromatic nitrogens is 2. The van der Waals surface area contributed by atoms with Crippen molar-refractivity contribution in [3.05, 3.63) is 6.20 Å². The Labute approximate surface area is 155 Å². The molecule has 0 aromatic carbocycles. The number of nitrogen functional groups attached to an aromatic ring is 1. The van der Waals surface area contributed by atoms with Gasteiger partial charge in [0.05, 0.1) is 11.9 Å². The minimum atomic E-state index is -0.408. The third kappa shape index (κ3) is 6.93. The van der Waals surface area contributed by atoms with Gasteiger partial charge in [0.1, 0.15) is 6.10 Å². The highest BCUT2D eigenvalue weighted by atomic mass is 16.6. The maximum atomic E-state index is 11.8. The van der Waals surface area contributed by atoms with Crippen molar-refractivity contribution in [2.75, 3.05) is 22.9 Å². The monoisotopic (exact) mass is 364 g/mol. The van der Waals surface area contributed by atoms with Crippen LogP contribution in [0.2, 0.25) is 0 Å². The molecule has 0 saturated heterocycles. The van der Waals surface area contributed by atoms with E-state index in [1.807, 2.05) is 27.7 Å². The van der Waals surface area contributed by atoms with Gasteiger partial charge < -0.3 is 26.4 Å². The fourth-order valence-corrected chi connectivity index (χ4v) is 2.83. The molecule has 5 N–H and O–H groups in total. The molecular formula is C18H32N6O2. The molecule has 1 aliphatic carbocycles. The van der Waals surface area contributed by atoms with Gasteiger partial charge in [-0.05, 0) is 40.5 Å². The Hall–Kier alpha value is -2.25. The van der Waals surface area contributed by atoms with Crippen LogP contribution in [0, 0.1) is 0 Å². The summed E-state index contributed by atoms with van der Waals surface area (Å²) in [6, 6.07) is 0.446. The summed E-state index contributed by atoms with van der Waals surface area (Å²) < 4.78 is 5.34. The molecule has 1 atom stereocenters. The number of hydrogen-bond donors (Lipinski definition) is 4. The first-order valence-electron chi connectivity index (χ1n) is 9.34. The predicted molar refractivity (Wildman–Crippen MR) is 104 cm³/mol. The van der Waals surface area contributed by atoms with Crippen LogP contribution >= 0.6 is 0 Å². The predicted octanol–water partition coefficient (Wildman–Crippen LogP) is 3.13. The van der Waals surface area contributed by atoms with E-state index in [0.717, 1.165) is 12.8 Å². The second-order valence-electron chi connectivity index (χ2n) is 7.93. The van der Waals surface area contributed by atoms with E-state index in [1.54, 1.807) is 6.20 Å². The maximum absolute atomic E-state index is 11.8.